The van der Waals surface area contributed by atoms with Gasteiger partial charge in [-0.2, -0.15) is 9.36 Å². The van der Waals surface area contributed by atoms with Crippen LogP contribution in [0.25, 0.3) is 11.4 Å². The SMILES string of the molecule is CC(C)Nc1nc(-c2ccc(F)c(F)c2)ns1. The standard InChI is InChI=1S/C11H11F2N3S/c1-6(2)14-11-15-10(16-17-11)7-3-4-8(12)9(13)5-7/h3-6H,1-2H3,(H,14,15,16). The normalized spacial score (nSPS) is 10.9. The van der Waals surface area contributed by atoms with Gasteiger partial charge in [-0.15, -0.1) is 0 Å². The minimum Gasteiger partial charge on any atom is -0.358 e. The zero-order valence-corrected chi connectivity index (χ0v) is 10.2. The third kappa shape index (κ3) is 2.76. The molecule has 1 N–H and O–H groups in total. The molecule has 0 aliphatic rings. The summed E-state index contributed by atoms with van der Waals surface area (Å²) in [5.74, 6) is -1.36. The molecule has 0 aliphatic heterocycles. The van der Waals surface area contributed by atoms with Crippen LogP contribution in [0, 0.1) is 11.6 Å². The van der Waals surface area contributed by atoms with Crippen LogP contribution in [0.4, 0.5) is 13.9 Å². The molecule has 90 valence electrons. The molecule has 2 aromatic rings. The first-order chi connectivity index (χ1) is 8.06. The topological polar surface area (TPSA) is 37.8 Å². The van der Waals surface area contributed by atoms with Gasteiger partial charge in [0.15, 0.2) is 17.5 Å². The zero-order valence-electron chi connectivity index (χ0n) is 9.37. The highest BCUT2D eigenvalue weighted by atomic mass is 32.1. The lowest BCUT2D eigenvalue weighted by molar-refractivity contribution is 0.509. The first kappa shape index (κ1) is 11.9. The Kier molecular flexibility index (Phi) is 3.33. The van der Waals surface area contributed by atoms with E-state index in [4.69, 9.17) is 0 Å². The first-order valence-electron chi connectivity index (χ1n) is 5.12. The van der Waals surface area contributed by atoms with Crippen LogP contribution in [-0.4, -0.2) is 15.4 Å². The molecule has 0 radical (unpaired) electrons. The van der Waals surface area contributed by atoms with Crippen molar-refractivity contribution in [1.29, 1.82) is 0 Å². The minimum absolute atomic E-state index is 0.251. The Bertz CT molecular complexity index is 525. The number of hydrogen-bond acceptors (Lipinski definition) is 4. The number of benzene rings is 1. The molecule has 0 saturated heterocycles. The fourth-order valence-corrected chi connectivity index (χ4v) is 2.02. The second-order valence-electron chi connectivity index (χ2n) is 3.85. The maximum Gasteiger partial charge on any atom is 0.203 e. The highest BCUT2D eigenvalue weighted by Gasteiger charge is 2.10. The fourth-order valence-electron chi connectivity index (χ4n) is 1.28. The van der Waals surface area contributed by atoms with E-state index in [1.807, 2.05) is 13.8 Å². The van der Waals surface area contributed by atoms with Gasteiger partial charge in [-0.3, -0.25) is 0 Å². The van der Waals surface area contributed by atoms with Gasteiger partial charge in [-0.1, -0.05) is 0 Å². The van der Waals surface area contributed by atoms with E-state index in [-0.39, 0.29) is 6.04 Å². The van der Waals surface area contributed by atoms with E-state index in [1.54, 1.807) is 0 Å². The summed E-state index contributed by atoms with van der Waals surface area (Å²) >= 11 is 1.19. The number of anilines is 1. The quantitative estimate of drug-likeness (QED) is 0.914. The second-order valence-corrected chi connectivity index (χ2v) is 4.60. The Morgan fingerprint density at radius 2 is 2.00 bits per heavy atom. The molecule has 0 aliphatic carbocycles. The smallest absolute Gasteiger partial charge is 0.203 e. The number of nitrogens with one attached hydrogen (secondary N) is 1. The third-order valence-corrected chi connectivity index (χ3v) is 2.66. The monoisotopic (exact) mass is 255 g/mol. The van der Waals surface area contributed by atoms with Crippen LogP contribution in [0.3, 0.4) is 0 Å². The molecule has 0 spiro atoms. The molecule has 0 unspecified atom stereocenters. The van der Waals surface area contributed by atoms with Gasteiger partial charge in [-0.05, 0) is 32.0 Å². The summed E-state index contributed by atoms with van der Waals surface area (Å²) in [4.78, 5) is 4.20. The molecule has 17 heavy (non-hydrogen) atoms. The van der Waals surface area contributed by atoms with Crippen LogP contribution >= 0.6 is 11.5 Å². The molecule has 1 heterocycles. The van der Waals surface area contributed by atoms with Gasteiger partial charge in [0.25, 0.3) is 0 Å². The lowest BCUT2D eigenvalue weighted by Crippen LogP contribution is -2.08. The van der Waals surface area contributed by atoms with E-state index >= 15 is 0 Å². The van der Waals surface area contributed by atoms with E-state index in [1.165, 1.54) is 17.6 Å². The molecule has 3 nitrogen and oxygen atoms in total. The molecule has 0 atom stereocenters. The van der Waals surface area contributed by atoms with Crippen molar-refractivity contribution in [1.82, 2.24) is 9.36 Å². The highest BCUT2D eigenvalue weighted by molar-refractivity contribution is 7.09. The Balaban J connectivity index is 2.27. The number of aromatic nitrogens is 2. The molecule has 0 fully saturated rings. The summed E-state index contributed by atoms with van der Waals surface area (Å²) in [5.41, 5.74) is 0.469. The van der Waals surface area contributed by atoms with Crippen molar-refractivity contribution in [3.63, 3.8) is 0 Å². The summed E-state index contributed by atoms with van der Waals surface area (Å²) in [6.45, 7) is 3.97. The lowest BCUT2D eigenvalue weighted by Gasteiger charge is -2.03. The zero-order chi connectivity index (χ0) is 12.4. The molecule has 1 aromatic heterocycles. The molecule has 1 aromatic carbocycles. The van der Waals surface area contributed by atoms with Crippen molar-refractivity contribution >= 4 is 16.7 Å². The van der Waals surface area contributed by atoms with Crippen LogP contribution in [0.1, 0.15) is 13.8 Å². The molecule has 6 heteroatoms. The van der Waals surface area contributed by atoms with E-state index in [2.05, 4.69) is 14.7 Å². The number of halogens is 2. The Morgan fingerprint density at radius 3 is 2.65 bits per heavy atom. The molecule has 0 amide bonds. The van der Waals surface area contributed by atoms with Crippen molar-refractivity contribution in [3.05, 3.63) is 29.8 Å². The highest BCUT2D eigenvalue weighted by Crippen LogP contribution is 2.22. The van der Waals surface area contributed by atoms with Gasteiger partial charge < -0.3 is 5.32 Å². The van der Waals surface area contributed by atoms with Crippen LogP contribution < -0.4 is 5.32 Å². The number of nitrogens with zero attached hydrogens (tertiary/aromatic N) is 2. The van der Waals surface area contributed by atoms with Crippen LogP contribution in [-0.2, 0) is 0 Å². The first-order valence-corrected chi connectivity index (χ1v) is 5.89. The fraction of sp³-hybridized carbons (Fsp3) is 0.273. The van der Waals surface area contributed by atoms with Gasteiger partial charge in [0.1, 0.15) is 0 Å². The van der Waals surface area contributed by atoms with E-state index in [0.29, 0.717) is 16.5 Å². The Hall–Kier alpha value is -1.56. The van der Waals surface area contributed by atoms with Crippen molar-refractivity contribution in [3.8, 4) is 11.4 Å². The van der Waals surface area contributed by atoms with Crippen molar-refractivity contribution in [2.75, 3.05) is 5.32 Å². The van der Waals surface area contributed by atoms with Gasteiger partial charge in [0, 0.05) is 23.1 Å². The summed E-state index contributed by atoms with van der Waals surface area (Å²) in [5, 5.41) is 3.76. The summed E-state index contributed by atoms with van der Waals surface area (Å²) in [7, 11) is 0. The molecular formula is C11H11F2N3S. The van der Waals surface area contributed by atoms with Gasteiger partial charge in [0.2, 0.25) is 5.13 Å². The minimum atomic E-state index is -0.893. The maximum absolute atomic E-state index is 13.0. The third-order valence-electron chi connectivity index (χ3n) is 2.02. The average molecular weight is 255 g/mol. The van der Waals surface area contributed by atoms with Crippen molar-refractivity contribution in [2.45, 2.75) is 19.9 Å². The number of rotatable bonds is 3. The average Bonchev–Trinajstić information content (AvgIpc) is 2.69. The largest absolute Gasteiger partial charge is 0.358 e. The predicted octanol–water partition coefficient (Wildman–Crippen LogP) is 3.30. The lowest BCUT2D eigenvalue weighted by atomic mass is 10.2. The molecule has 2 rings (SSSR count). The number of hydrogen-bond donors (Lipinski definition) is 1. The Labute approximate surface area is 102 Å². The molecule has 0 bridgehead atoms. The van der Waals surface area contributed by atoms with E-state index in [0.717, 1.165) is 12.1 Å². The predicted molar refractivity (Wildman–Crippen MR) is 64.0 cm³/mol. The summed E-state index contributed by atoms with van der Waals surface area (Å²) < 4.78 is 29.9. The van der Waals surface area contributed by atoms with Gasteiger partial charge in [-0.25, -0.2) is 8.78 Å². The van der Waals surface area contributed by atoms with Crippen LogP contribution in [0.15, 0.2) is 18.2 Å². The van der Waals surface area contributed by atoms with Gasteiger partial charge in [0.05, 0.1) is 0 Å². The van der Waals surface area contributed by atoms with Crippen LogP contribution in [0.5, 0.6) is 0 Å². The molecule has 0 saturated carbocycles. The van der Waals surface area contributed by atoms with Crippen LogP contribution in [0.2, 0.25) is 0 Å². The Morgan fingerprint density at radius 1 is 1.24 bits per heavy atom. The second kappa shape index (κ2) is 4.75. The summed E-state index contributed by atoms with van der Waals surface area (Å²) in [6, 6.07) is 3.87. The van der Waals surface area contributed by atoms with Gasteiger partial charge >= 0.3 is 0 Å². The van der Waals surface area contributed by atoms with E-state index in [9.17, 15) is 8.78 Å². The maximum atomic E-state index is 13.0. The summed E-state index contributed by atoms with van der Waals surface area (Å²) in [6.07, 6.45) is 0. The van der Waals surface area contributed by atoms with E-state index < -0.39 is 11.6 Å². The van der Waals surface area contributed by atoms with Crippen molar-refractivity contribution in [2.24, 2.45) is 0 Å². The van der Waals surface area contributed by atoms with Crippen molar-refractivity contribution < 1.29 is 8.78 Å². The molecular weight excluding hydrogens is 244 g/mol.